The minimum Gasteiger partial charge on any atom is -0.194 e. The fourth-order valence-corrected chi connectivity index (χ4v) is 10.5. The Kier molecular flexibility index (Phi) is 16.7. The van der Waals surface area contributed by atoms with Gasteiger partial charge in [-0.1, -0.05) is 91.0 Å². The van der Waals surface area contributed by atoms with E-state index in [9.17, 15) is 119 Å². The van der Waals surface area contributed by atoms with E-state index in [1.54, 1.807) is 6.07 Å². The monoisotopic (exact) mass is 1190 g/mol. The van der Waals surface area contributed by atoms with E-state index >= 15 is 0 Å². The lowest BCUT2D eigenvalue weighted by atomic mass is 9.12. The Labute approximate surface area is 434 Å². The largest absolute Gasteiger partial charge is 0.416 e. The summed E-state index contributed by atoms with van der Waals surface area (Å²) in [5, 5.41) is 0. The molecular formula is C51H26BF27S. The van der Waals surface area contributed by atoms with Crippen LogP contribution in [0.25, 0.3) is 0 Å². The van der Waals surface area contributed by atoms with Gasteiger partial charge in [-0.25, -0.2) is 0 Å². The average Bonchev–Trinajstić information content (AvgIpc) is 3.47. The molecule has 0 saturated carbocycles. The number of benzene rings is 7. The molecule has 7 rings (SSSR count). The third-order valence-corrected chi connectivity index (χ3v) is 14.0. The highest BCUT2D eigenvalue weighted by molar-refractivity contribution is 7.97. The SMILES string of the molecule is FC(F)(F)c1cc([B-](c2cc(C(F)(F)F)cc(C(F)(F)F)c2)(c2cc(C(F)(F)F)cc(C(F)(F)F)c2)c2cc(C(F)(F)F)cc(C(F)(F)F)c2)cc(C(F)(F)F)c1.FC(F)(F)c1cccc([S+](c2ccccc2)c2ccccc2)c1. The van der Waals surface area contributed by atoms with E-state index in [-0.39, 0.29) is 0 Å². The highest BCUT2D eigenvalue weighted by atomic mass is 32.2. The van der Waals surface area contributed by atoms with Crippen molar-refractivity contribution < 1.29 is 119 Å². The summed E-state index contributed by atoms with van der Waals surface area (Å²) in [5.74, 6) is 0. The molecule has 0 aliphatic carbocycles. The van der Waals surface area contributed by atoms with Gasteiger partial charge in [0.2, 0.25) is 0 Å². The highest BCUT2D eigenvalue weighted by Crippen LogP contribution is 2.42. The van der Waals surface area contributed by atoms with E-state index in [2.05, 4.69) is 0 Å². The lowest BCUT2D eigenvalue weighted by Crippen LogP contribution is -2.75. The van der Waals surface area contributed by atoms with Gasteiger partial charge in [0.1, 0.15) is 6.15 Å². The predicted molar refractivity (Wildman–Crippen MR) is 237 cm³/mol. The summed E-state index contributed by atoms with van der Waals surface area (Å²) in [6, 6.07) is 16.1. The molecule has 7 aromatic carbocycles. The Morgan fingerprint density at radius 2 is 0.400 bits per heavy atom. The zero-order valence-electron chi connectivity index (χ0n) is 38.7. The molecule has 0 aliphatic rings. The molecule has 0 amide bonds. The van der Waals surface area contributed by atoms with Crippen molar-refractivity contribution in [3.05, 3.63) is 208 Å². The van der Waals surface area contributed by atoms with Gasteiger partial charge >= 0.3 is 55.6 Å². The smallest absolute Gasteiger partial charge is 0.194 e. The molecule has 0 aliphatic heterocycles. The normalized spacial score (nSPS) is 13.6. The van der Waals surface area contributed by atoms with Crippen LogP contribution in [0.4, 0.5) is 119 Å². The third-order valence-electron chi connectivity index (χ3n) is 11.8. The van der Waals surface area contributed by atoms with Gasteiger partial charge in [-0.2, -0.15) is 140 Å². The standard InChI is InChI=1S/C32H12BF24.C19H14F3S/c34-25(35,36)13-1-14(26(37,38)39)6-21(5-13)33(22-7-15(27(40,41)42)2-16(8-22)28(43,44)45,23-9-17(29(46,47)48)3-18(10-23)30(49,50)51)24-11-19(31(52,53)54)4-20(12-24)32(55,56)57;20-19(21,22)15-8-7-13-18(14-15)23(16-9-3-1-4-10-16)17-11-5-2-6-12-17/h1-12H;1-14H/q-1;+1. The molecule has 428 valence electrons. The van der Waals surface area contributed by atoms with Gasteiger partial charge < -0.3 is 0 Å². The van der Waals surface area contributed by atoms with Crippen molar-refractivity contribution in [3.63, 3.8) is 0 Å². The first-order chi connectivity index (χ1) is 36.3. The van der Waals surface area contributed by atoms with E-state index in [0.717, 1.165) is 15.9 Å². The molecule has 80 heavy (non-hydrogen) atoms. The van der Waals surface area contributed by atoms with Crippen LogP contribution in [0.1, 0.15) is 50.1 Å². The Morgan fingerprint density at radius 3 is 0.600 bits per heavy atom. The topological polar surface area (TPSA) is 0 Å². The van der Waals surface area contributed by atoms with Crippen molar-refractivity contribution in [2.24, 2.45) is 0 Å². The zero-order chi connectivity index (χ0) is 60.2. The molecule has 0 spiro atoms. The fraction of sp³-hybridized carbons (Fsp3) is 0.176. The summed E-state index contributed by atoms with van der Waals surface area (Å²) in [6.07, 6.45) is -59.1. The van der Waals surface area contributed by atoms with Crippen molar-refractivity contribution in [3.8, 4) is 0 Å². The summed E-state index contributed by atoms with van der Waals surface area (Å²) in [5.41, 5.74) is -30.8. The highest BCUT2D eigenvalue weighted by Gasteiger charge is 2.47. The molecule has 0 unspecified atom stereocenters. The predicted octanol–water partition coefficient (Wildman–Crippen LogP) is 17.0. The second kappa shape index (κ2) is 21.5. The van der Waals surface area contributed by atoms with Gasteiger partial charge in [0, 0.05) is 6.07 Å². The number of rotatable bonds is 7. The minimum atomic E-state index is -6.13. The summed E-state index contributed by atoms with van der Waals surface area (Å²) in [6.45, 7) is 0. The van der Waals surface area contributed by atoms with Gasteiger partial charge in [-0.15, -0.1) is 0 Å². The summed E-state index contributed by atoms with van der Waals surface area (Å²) in [4.78, 5) is 2.66. The first kappa shape index (κ1) is 62.3. The van der Waals surface area contributed by atoms with Crippen molar-refractivity contribution in [1.29, 1.82) is 0 Å². The second-order valence-electron chi connectivity index (χ2n) is 17.2. The van der Waals surface area contributed by atoms with Gasteiger partial charge in [-0.05, 0) is 60.7 Å². The average molecular weight is 1190 g/mol. The molecule has 0 aromatic heterocycles. The van der Waals surface area contributed by atoms with E-state index < -0.39 is 217 Å². The maximum absolute atomic E-state index is 14.2. The molecule has 0 atom stereocenters. The summed E-state index contributed by atoms with van der Waals surface area (Å²) in [7, 11) is -0.560. The van der Waals surface area contributed by atoms with Crippen LogP contribution in [0.15, 0.2) is 172 Å². The lowest BCUT2D eigenvalue weighted by Gasteiger charge is -2.46. The van der Waals surface area contributed by atoms with E-state index in [1.165, 1.54) is 12.1 Å². The first-order valence-corrected chi connectivity index (χ1v) is 22.9. The molecule has 29 heteroatoms. The van der Waals surface area contributed by atoms with Crippen LogP contribution in [0.5, 0.6) is 0 Å². The second-order valence-corrected chi connectivity index (χ2v) is 19.2. The van der Waals surface area contributed by atoms with E-state index in [0.29, 0.717) is 4.90 Å². The van der Waals surface area contributed by atoms with Crippen LogP contribution in [-0.2, 0) is 66.5 Å². The molecule has 7 aromatic rings. The molecule has 0 N–H and O–H groups in total. The maximum atomic E-state index is 14.2. The Bertz CT molecular complexity index is 2830. The van der Waals surface area contributed by atoms with Crippen molar-refractivity contribution in [2.45, 2.75) is 70.3 Å². The molecular weight excluding hydrogens is 1170 g/mol. The Morgan fingerprint density at radius 1 is 0.200 bits per heavy atom. The number of alkyl halides is 27. The van der Waals surface area contributed by atoms with Crippen LogP contribution < -0.4 is 21.9 Å². The van der Waals surface area contributed by atoms with Crippen molar-refractivity contribution in [1.82, 2.24) is 0 Å². The van der Waals surface area contributed by atoms with Gasteiger partial charge in [0.15, 0.2) is 14.7 Å². The van der Waals surface area contributed by atoms with E-state index in [4.69, 9.17) is 0 Å². The molecule has 0 radical (unpaired) electrons. The molecule has 0 heterocycles. The van der Waals surface area contributed by atoms with Gasteiger partial charge in [0.05, 0.1) is 61.0 Å². The van der Waals surface area contributed by atoms with E-state index in [1.807, 2.05) is 60.7 Å². The van der Waals surface area contributed by atoms with Crippen LogP contribution >= 0.6 is 0 Å². The van der Waals surface area contributed by atoms with Crippen LogP contribution in [0.2, 0.25) is 0 Å². The van der Waals surface area contributed by atoms with Gasteiger partial charge in [0.25, 0.3) is 0 Å². The van der Waals surface area contributed by atoms with Crippen molar-refractivity contribution in [2.75, 3.05) is 0 Å². The van der Waals surface area contributed by atoms with Crippen LogP contribution in [-0.4, -0.2) is 6.15 Å². The summed E-state index contributed by atoms with van der Waals surface area (Å²) < 4.78 is 380. The maximum Gasteiger partial charge on any atom is 0.416 e. The Hall–Kier alpha value is -6.94. The zero-order valence-corrected chi connectivity index (χ0v) is 39.5. The number of hydrogen-bond acceptors (Lipinski definition) is 0. The minimum absolute atomic E-state index is 0.560. The molecule has 0 saturated heterocycles. The fourth-order valence-electron chi connectivity index (χ4n) is 8.39. The molecule has 0 nitrogen and oxygen atoms in total. The molecule has 0 fully saturated rings. The lowest BCUT2D eigenvalue weighted by molar-refractivity contribution is -0.144. The number of halogens is 27. The first-order valence-electron chi connectivity index (χ1n) is 21.7. The quantitative estimate of drug-likeness (QED) is 0.0848. The summed E-state index contributed by atoms with van der Waals surface area (Å²) >= 11 is 0. The third kappa shape index (κ3) is 14.1. The van der Waals surface area contributed by atoms with Crippen LogP contribution in [0.3, 0.4) is 0 Å². The van der Waals surface area contributed by atoms with Crippen LogP contribution in [0, 0.1) is 0 Å². The Balaban J connectivity index is 0.000000370. The number of hydrogen-bond donors (Lipinski definition) is 0. The van der Waals surface area contributed by atoms with Crippen molar-refractivity contribution >= 4 is 38.9 Å². The molecule has 0 bridgehead atoms. The van der Waals surface area contributed by atoms with Gasteiger partial charge in [-0.3, -0.25) is 0 Å².